The van der Waals surface area contributed by atoms with Gasteiger partial charge in [-0.15, -0.1) is 0 Å². The van der Waals surface area contributed by atoms with E-state index in [1.165, 1.54) is 12.3 Å². The fraction of sp³-hybridized carbons (Fsp3) is 0.533. The molecule has 1 aromatic rings. The largest absolute Gasteiger partial charge is 0.495 e. The molecule has 0 unspecified atom stereocenters. The molecule has 4 nitrogen and oxygen atoms in total. The Morgan fingerprint density at radius 2 is 1.71 bits per heavy atom. The van der Waals surface area contributed by atoms with Crippen molar-refractivity contribution >= 4 is 18.8 Å². The Bertz CT molecular complexity index is 543. The molecule has 1 heterocycles. The van der Waals surface area contributed by atoms with Crippen molar-refractivity contribution in [1.29, 1.82) is 0 Å². The second-order valence-corrected chi connectivity index (χ2v) is 6.42. The fourth-order valence-corrected chi connectivity index (χ4v) is 2.04. The van der Waals surface area contributed by atoms with Gasteiger partial charge in [-0.05, 0) is 39.2 Å². The van der Waals surface area contributed by atoms with Crippen LogP contribution in [0.15, 0.2) is 23.3 Å². The maximum atomic E-state index is 14.1. The Kier molecular flexibility index (Phi) is 4.13. The van der Waals surface area contributed by atoms with Crippen molar-refractivity contribution in [3.63, 3.8) is 0 Å². The maximum Gasteiger partial charge on any atom is 0.495 e. The van der Waals surface area contributed by atoms with E-state index in [2.05, 4.69) is 5.10 Å². The van der Waals surface area contributed by atoms with Gasteiger partial charge in [-0.25, -0.2) is 4.39 Å². The van der Waals surface area contributed by atoms with E-state index in [9.17, 15) is 4.39 Å². The van der Waals surface area contributed by atoms with E-state index in [4.69, 9.17) is 9.31 Å². The zero-order valence-electron chi connectivity index (χ0n) is 13.5. The average molecular weight is 292 g/mol. The molecule has 0 spiro atoms. The van der Waals surface area contributed by atoms with Gasteiger partial charge in [0, 0.05) is 19.7 Å². The van der Waals surface area contributed by atoms with Crippen LogP contribution in [0.3, 0.4) is 0 Å². The zero-order valence-corrected chi connectivity index (χ0v) is 13.5. The molecule has 6 heteroatoms. The normalized spacial score (nSPS) is 20.2. The van der Waals surface area contributed by atoms with Crippen LogP contribution in [-0.2, 0) is 9.31 Å². The van der Waals surface area contributed by atoms with E-state index >= 15 is 0 Å². The Hall–Kier alpha value is -1.40. The lowest BCUT2D eigenvalue weighted by Crippen LogP contribution is -2.41. The lowest BCUT2D eigenvalue weighted by molar-refractivity contribution is 0.00578. The van der Waals surface area contributed by atoms with Gasteiger partial charge in [-0.2, -0.15) is 5.10 Å². The number of hydrazone groups is 1. The van der Waals surface area contributed by atoms with Gasteiger partial charge in [0.15, 0.2) is 0 Å². The van der Waals surface area contributed by atoms with Crippen LogP contribution in [0.2, 0.25) is 0 Å². The second kappa shape index (κ2) is 5.42. The van der Waals surface area contributed by atoms with Gasteiger partial charge in [0.25, 0.3) is 0 Å². The molecule has 1 saturated heterocycles. The van der Waals surface area contributed by atoms with Gasteiger partial charge in [0.1, 0.15) is 5.82 Å². The first-order valence-electron chi connectivity index (χ1n) is 6.99. The molecule has 114 valence electrons. The Labute approximate surface area is 126 Å². The molecule has 1 fully saturated rings. The highest BCUT2D eigenvalue weighted by molar-refractivity contribution is 6.63. The van der Waals surface area contributed by atoms with Crippen molar-refractivity contribution in [2.24, 2.45) is 5.10 Å². The molecule has 0 bridgehead atoms. The first-order valence-corrected chi connectivity index (χ1v) is 6.99. The summed E-state index contributed by atoms with van der Waals surface area (Å²) in [5.74, 6) is -0.340. The predicted molar refractivity (Wildman–Crippen MR) is 83.4 cm³/mol. The summed E-state index contributed by atoms with van der Waals surface area (Å²) in [5, 5.41) is 5.73. The Morgan fingerprint density at radius 1 is 1.14 bits per heavy atom. The number of rotatable bonds is 3. The van der Waals surface area contributed by atoms with Crippen LogP contribution < -0.4 is 5.46 Å². The SMILES string of the molecule is CN(C)/N=C/c1c(F)cccc1B1OC(C)(C)C(C)(C)O1. The fourth-order valence-electron chi connectivity index (χ4n) is 2.04. The number of hydrogen-bond acceptors (Lipinski definition) is 4. The third-order valence-corrected chi connectivity index (χ3v) is 4.01. The van der Waals surface area contributed by atoms with Gasteiger partial charge < -0.3 is 14.3 Å². The van der Waals surface area contributed by atoms with Gasteiger partial charge in [0.2, 0.25) is 0 Å². The predicted octanol–water partition coefficient (Wildman–Crippen LogP) is 2.02. The number of halogens is 1. The molecule has 0 aromatic heterocycles. The minimum Gasteiger partial charge on any atom is -0.399 e. The van der Waals surface area contributed by atoms with Crippen LogP contribution in [0.1, 0.15) is 33.3 Å². The molecule has 2 rings (SSSR count). The first kappa shape index (κ1) is 16.0. The summed E-state index contributed by atoms with van der Waals surface area (Å²) in [5.41, 5.74) is 0.129. The monoisotopic (exact) mass is 292 g/mol. The van der Waals surface area contributed by atoms with Crippen molar-refractivity contribution in [3.05, 3.63) is 29.6 Å². The van der Waals surface area contributed by atoms with Crippen LogP contribution >= 0.6 is 0 Å². The van der Waals surface area contributed by atoms with Crippen molar-refractivity contribution < 1.29 is 13.7 Å². The minimum atomic E-state index is -0.602. The van der Waals surface area contributed by atoms with E-state index in [-0.39, 0.29) is 5.82 Å². The number of benzene rings is 1. The maximum absolute atomic E-state index is 14.1. The Balaban J connectivity index is 2.40. The summed E-state index contributed by atoms with van der Waals surface area (Å²) in [6.45, 7) is 7.89. The highest BCUT2D eigenvalue weighted by atomic mass is 19.1. The quantitative estimate of drug-likeness (QED) is 0.485. The second-order valence-electron chi connectivity index (χ2n) is 6.42. The van der Waals surface area contributed by atoms with Crippen LogP contribution in [0.5, 0.6) is 0 Å². The standard InChI is InChI=1S/C15H22BFN2O2/c1-14(2)15(3,4)21-16(20-14)12-8-7-9-13(17)11(12)10-18-19(5)6/h7-10H,1-6H3/b18-10+. The van der Waals surface area contributed by atoms with Crippen LogP contribution in [0, 0.1) is 5.82 Å². The average Bonchev–Trinajstić information content (AvgIpc) is 2.56. The highest BCUT2D eigenvalue weighted by Gasteiger charge is 2.52. The molecule has 1 aliphatic heterocycles. The summed E-state index contributed by atoms with van der Waals surface area (Å²) >= 11 is 0. The molecule has 0 atom stereocenters. The summed E-state index contributed by atoms with van der Waals surface area (Å²) in [6, 6.07) is 4.87. The lowest BCUT2D eigenvalue weighted by atomic mass is 9.76. The summed E-state index contributed by atoms with van der Waals surface area (Å²) < 4.78 is 26.1. The molecular weight excluding hydrogens is 270 g/mol. The van der Waals surface area contributed by atoms with Gasteiger partial charge in [0.05, 0.1) is 17.4 Å². The Morgan fingerprint density at radius 3 is 2.24 bits per heavy atom. The van der Waals surface area contributed by atoms with E-state index in [1.807, 2.05) is 33.8 Å². The molecule has 0 N–H and O–H groups in total. The third kappa shape index (κ3) is 3.11. The molecule has 0 aliphatic carbocycles. The molecule has 0 radical (unpaired) electrons. The van der Waals surface area contributed by atoms with E-state index in [0.717, 1.165) is 0 Å². The molecule has 0 amide bonds. The van der Waals surface area contributed by atoms with Gasteiger partial charge >= 0.3 is 7.12 Å². The molecule has 1 aliphatic rings. The van der Waals surface area contributed by atoms with Gasteiger partial charge in [-0.1, -0.05) is 12.1 Å². The topological polar surface area (TPSA) is 34.1 Å². The molecule has 1 aromatic carbocycles. The van der Waals surface area contributed by atoms with E-state index in [0.29, 0.717) is 11.0 Å². The van der Waals surface area contributed by atoms with Crippen molar-refractivity contribution in [2.75, 3.05) is 14.1 Å². The number of hydrogen-bond donors (Lipinski definition) is 0. The van der Waals surface area contributed by atoms with Crippen molar-refractivity contribution in [3.8, 4) is 0 Å². The summed E-state index contributed by atoms with van der Waals surface area (Å²) in [4.78, 5) is 0. The van der Waals surface area contributed by atoms with Crippen molar-refractivity contribution in [1.82, 2.24) is 5.01 Å². The molecule has 21 heavy (non-hydrogen) atoms. The minimum absolute atomic E-state index is 0.340. The third-order valence-electron chi connectivity index (χ3n) is 4.01. The number of nitrogens with zero attached hydrogens (tertiary/aromatic N) is 2. The first-order chi connectivity index (χ1) is 9.64. The van der Waals surface area contributed by atoms with Crippen molar-refractivity contribution in [2.45, 2.75) is 38.9 Å². The van der Waals surface area contributed by atoms with Crippen LogP contribution in [-0.4, -0.2) is 43.6 Å². The molecular formula is C15H22BFN2O2. The smallest absolute Gasteiger partial charge is 0.399 e. The van der Waals surface area contributed by atoms with Gasteiger partial charge in [-0.3, -0.25) is 0 Å². The van der Waals surface area contributed by atoms with Crippen LogP contribution in [0.25, 0.3) is 0 Å². The zero-order chi connectivity index (χ0) is 15.8. The van der Waals surface area contributed by atoms with E-state index < -0.39 is 18.3 Å². The van der Waals surface area contributed by atoms with Crippen LogP contribution in [0.4, 0.5) is 4.39 Å². The molecule has 0 saturated carbocycles. The highest BCUT2D eigenvalue weighted by Crippen LogP contribution is 2.36. The lowest BCUT2D eigenvalue weighted by Gasteiger charge is -2.32. The van der Waals surface area contributed by atoms with E-state index in [1.54, 1.807) is 25.2 Å². The summed E-state index contributed by atoms with van der Waals surface area (Å²) in [6.07, 6.45) is 1.50. The summed E-state index contributed by atoms with van der Waals surface area (Å²) in [7, 11) is 2.96.